The molecule has 86 valence electrons. The zero-order chi connectivity index (χ0) is 11.5. The van der Waals surface area contributed by atoms with E-state index in [2.05, 4.69) is 0 Å². The van der Waals surface area contributed by atoms with Gasteiger partial charge in [0, 0.05) is 12.0 Å². The Kier molecular flexibility index (Phi) is 3.28. The smallest absolute Gasteiger partial charge is 0.162 e. The number of benzene rings is 1. The van der Waals surface area contributed by atoms with Crippen molar-refractivity contribution < 1.29 is 9.53 Å². The summed E-state index contributed by atoms with van der Waals surface area (Å²) in [4.78, 5) is 11.6. The van der Waals surface area contributed by atoms with Gasteiger partial charge in [0.1, 0.15) is 5.75 Å². The van der Waals surface area contributed by atoms with Gasteiger partial charge in [-0.2, -0.15) is 0 Å². The lowest BCUT2D eigenvalue weighted by molar-refractivity contribution is 0.0987. The molecule has 0 bridgehead atoms. The molecule has 0 saturated heterocycles. The zero-order valence-corrected chi connectivity index (χ0v) is 9.95. The Morgan fingerprint density at radius 2 is 2.19 bits per heavy atom. The fourth-order valence-electron chi connectivity index (χ4n) is 1.63. The van der Waals surface area contributed by atoms with Crippen molar-refractivity contribution in [2.75, 3.05) is 6.61 Å². The summed E-state index contributed by atoms with van der Waals surface area (Å²) in [6.07, 6.45) is 3.12. The van der Waals surface area contributed by atoms with Gasteiger partial charge < -0.3 is 4.74 Å². The Bertz CT molecular complexity index is 392. The summed E-state index contributed by atoms with van der Waals surface area (Å²) in [5, 5.41) is 0. The van der Waals surface area contributed by atoms with Gasteiger partial charge in [0.15, 0.2) is 5.78 Å². The van der Waals surface area contributed by atoms with Gasteiger partial charge in [-0.1, -0.05) is 19.1 Å². The predicted molar refractivity (Wildman–Crippen MR) is 64.0 cm³/mol. The quantitative estimate of drug-likeness (QED) is 0.708. The molecule has 0 radical (unpaired) electrons. The molecular formula is C14H18O2. The van der Waals surface area contributed by atoms with E-state index < -0.39 is 0 Å². The number of carbonyl (C=O) groups is 1. The van der Waals surface area contributed by atoms with Crippen LogP contribution >= 0.6 is 0 Å². The van der Waals surface area contributed by atoms with Gasteiger partial charge in [-0.25, -0.2) is 0 Å². The molecule has 16 heavy (non-hydrogen) atoms. The lowest BCUT2D eigenvalue weighted by atomic mass is 10.1. The van der Waals surface area contributed by atoms with Gasteiger partial charge >= 0.3 is 0 Å². The highest BCUT2D eigenvalue weighted by atomic mass is 16.5. The molecular weight excluding hydrogens is 200 g/mol. The van der Waals surface area contributed by atoms with E-state index in [-0.39, 0.29) is 5.78 Å². The SMILES string of the molecule is CCC(=O)c1ccc(C)c(OCC2CC2)c1. The molecule has 1 aromatic carbocycles. The van der Waals surface area contributed by atoms with Crippen LogP contribution in [0.25, 0.3) is 0 Å². The zero-order valence-electron chi connectivity index (χ0n) is 9.95. The highest BCUT2D eigenvalue weighted by Gasteiger charge is 2.22. The van der Waals surface area contributed by atoms with Crippen molar-refractivity contribution in [2.24, 2.45) is 5.92 Å². The van der Waals surface area contributed by atoms with Gasteiger partial charge in [-0.3, -0.25) is 4.79 Å². The van der Waals surface area contributed by atoms with Crippen LogP contribution in [-0.4, -0.2) is 12.4 Å². The van der Waals surface area contributed by atoms with Crippen molar-refractivity contribution in [3.63, 3.8) is 0 Å². The molecule has 0 aliphatic heterocycles. The molecule has 0 aromatic heterocycles. The Balaban J connectivity index is 2.11. The second-order valence-corrected chi connectivity index (χ2v) is 4.51. The second-order valence-electron chi connectivity index (χ2n) is 4.51. The van der Waals surface area contributed by atoms with Crippen molar-refractivity contribution in [3.8, 4) is 5.75 Å². The summed E-state index contributed by atoms with van der Waals surface area (Å²) in [6, 6.07) is 5.72. The normalized spacial score (nSPS) is 14.9. The first-order chi connectivity index (χ1) is 7.70. The van der Waals surface area contributed by atoms with Gasteiger partial charge in [0.05, 0.1) is 6.61 Å². The van der Waals surface area contributed by atoms with E-state index in [1.165, 1.54) is 12.8 Å². The number of ether oxygens (including phenoxy) is 1. The molecule has 2 heteroatoms. The molecule has 0 unspecified atom stereocenters. The molecule has 2 nitrogen and oxygen atoms in total. The van der Waals surface area contributed by atoms with Gasteiger partial charge in [0.25, 0.3) is 0 Å². The van der Waals surface area contributed by atoms with Crippen LogP contribution in [0.1, 0.15) is 42.1 Å². The van der Waals surface area contributed by atoms with Crippen LogP contribution < -0.4 is 4.74 Å². The van der Waals surface area contributed by atoms with Crippen LogP contribution in [0.3, 0.4) is 0 Å². The highest BCUT2D eigenvalue weighted by molar-refractivity contribution is 5.96. The first-order valence-electron chi connectivity index (χ1n) is 5.97. The maximum atomic E-state index is 11.6. The number of hydrogen-bond acceptors (Lipinski definition) is 2. The van der Waals surface area contributed by atoms with Crippen LogP contribution in [0, 0.1) is 12.8 Å². The third-order valence-corrected chi connectivity index (χ3v) is 3.00. The van der Waals surface area contributed by atoms with Gasteiger partial charge in [-0.05, 0) is 37.3 Å². The van der Waals surface area contributed by atoms with Crippen LogP contribution in [-0.2, 0) is 0 Å². The summed E-state index contributed by atoms with van der Waals surface area (Å²) >= 11 is 0. The summed E-state index contributed by atoms with van der Waals surface area (Å²) < 4.78 is 5.74. The Hall–Kier alpha value is -1.31. The fraction of sp³-hybridized carbons (Fsp3) is 0.500. The van der Waals surface area contributed by atoms with E-state index in [0.29, 0.717) is 6.42 Å². The van der Waals surface area contributed by atoms with Crippen molar-refractivity contribution in [3.05, 3.63) is 29.3 Å². The Morgan fingerprint density at radius 1 is 1.44 bits per heavy atom. The van der Waals surface area contributed by atoms with Crippen molar-refractivity contribution in [1.82, 2.24) is 0 Å². The lowest BCUT2D eigenvalue weighted by Crippen LogP contribution is -2.03. The largest absolute Gasteiger partial charge is 0.493 e. The molecule has 0 spiro atoms. The van der Waals surface area contributed by atoms with E-state index >= 15 is 0 Å². The van der Waals surface area contributed by atoms with Crippen LogP contribution in [0.5, 0.6) is 5.75 Å². The average molecular weight is 218 g/mol. The van der Waals surface area contributed by atoms with E-state index in [9.17, 15) is 4.79 Å². The number of ketones is 1. The number of rotatable bonds is 5. The summed E-state index contributed by atoms with van der Waals surface area (Å²) in [5.74, 6) is 1.78. The number of hydrogen-bond donors (Lipinski definition) is 0. The van der Waals surface area contributed by atoms with Gasteiger partial charge in [0.2, 0.25) is 0 Å². The molecule has 0 amide bonds. The number of aryl methyl sites for hydroxylation is 1. The molecule has 0 atom stereocenters. The average Bonchev–Trinajstić information content (AvgIpc) is 3.11. The Morgan fingerprint density at radius 3 is 2.81 bits per heavy atom. The van der Waals surface area contributed by atoms with Crippen molar-refractivity contribution in [1.29, 1.82) is 0 Å². The second kappa shape index (κ2) is 4.69. The van der Waals surface area contributed by atoms with E-state index in [4.69, 9.17) is 4.74 Å². The van der Waals surface area contributed by atoms with Crippen LogP contribution in [0.2, 0.25) is 0 Å². The first-order valence-corrected chi connectivity index (χ1v) is 5.97. The van der Waals surface area contributed by atoms with Crippen LogP contribution in [0.15, 0.2) is 18.2 Å². The van der Waals surface area contributed by atoms with E-state index in [1.807, 2.05) is 32.0 Å². The van der Waals surface area contributed by atoms with E-state index in [1.54, 1.807) is 0 Å². The topological polar surface area (TPSA) is 26.3 Å². The maximum Gasteiger partial charge on any atom is 0.162 e. The molecule has 0 N–H and O–H groups in total. The molecule has 1 saturated carbocycles. The monoisotopic (exact) mass is 218 g/mol. The minimum absolute atomic E-state index is 0.177. The fourth-order valence-corrected chi connectivity index (χ4v) is 1.63. The van der Waals surface area contributed by atoms with E-state index in [0.717, 1.165) is 29.4 Å². The third-order valence-electron chi connectivity index (χ3n) is 3.00. The lowest BCUT2D eigenvalue weighted by Gasteiger charge is -2.09. The molecule has 1 aromatic rings. The van der Waals surface area contributed by atoms with Crippen molar-refractivity contribution in [2.45, 2.75) is 33.1 Å². The highest BCUT2D eigenvalue weighted by Crippen LogP contribution is 2.30. The Labute approximate surface area is 96.6 Å². The molecule has 2 rings (SSSR count). The minimum Gasteiger partial charge on any atom is -0.493 e. The third kappa shape index (κ3) is 2.63. The van der Waals surface area contributed by atoms with Crippen molar-refractivity contribution >= 4 is 5.78 Å². The maximum absolute atomic E-state index is 11.6. The first kappa shape index (κ1) is 11.2. The summed E-state index contributed by atoms with van der Waals surface area (Å²) in [6.45, 7) is 4.69. The molecule has 1 aliphatic rings. The molecule has 0 heterocycles. The summed E-state index contributed by atoms with van der Waals surface area (Å²) in [7, 11) is 0. The predicted octanol–water partition coefficient (Wildman–Crippen LogP) is 3.38. The summed E-state index contributed by atoms with van der Waals surface area (Å²) in [5.41, 5.74) is 1.87. The standard InChI is InChI=1S/C14H18O2/c1-3-13(15)12-7-4-10(2)14(8-12)16-9-11-5-6-11/h4,7-8,11H,3,5-6,9H2,1-2H3. The number of carbonyl (C=O) groups excluding carboxylic acids is 1. The molecule has 1 aliphatic carbocycles. The molecule has 1 fully saturated rings. The van der Waals surface area contributed by atoms with Gasteiger partial charge in [-0.15, -0.1) is 0 Å². The number of Topliss-reactive ketones (excluding diaryl/α,β-unsaturated/α-hetero) is 1. The minimum atomic E-state index is 0.177. The van der Waals surface area contributed by atoms with Crippen LogP contribution in [0.4, 0.5) is 0 Å².